The highest BCUT2D eigenvalue weighted by molar-refractivity contribution is 5.37. The van der Waals surface area contributed by atoms with E-state index in [1.807, 2.05) is 24.3 Å². The average Bonchev–Trinajstić information content (AvgIpc) is 2.32. The Bertz CT molecular complexity index is 535. The smallest absolute Gasteiger partial charge is 0.0991 e. The van der Waals surface area contributed by atoms with Gasteiger partial charge in [0.15, 0.2) is 0 Å². The molecule has 0 saturated carbocycles. The molecule has 0 bridgehead atoms. The summed E-state index contributed by atoms with van der Waals surface area (Å²) in [6.45, 7) is 2.11. The molecule has 0 aliphatic heterocycles. The van der Waals surface area contributed by atoms with E-state index in [4.69, 9.17) is 5.26 Å². The monoisotopic (exact) mass is 207 g/mol. The maximum atomic E-state index is 8.83. The Balaban J connectivity index is 2.28. The Kier molecular flexibility index (Phi) is 3.03. The molecule has 0 aliphatic rings. The average molecular weight is 207 g/mol. The van der Waals surface area contributed by atoms with Crippen LogP contribution in [0.25, 0.3) is 0 Å². The van der Waals surface area contributed by atoms with Crippen molar-refractivity contribution in [1.82, 2.24) is 0 Å². The van der Waals surface area contributed by atoms with E-state index in [1.165, 1.54) is 16.7 Å². The van der Waals surface area contributed by atoms with Gasteiger partial charge in [0.05, 0.1) is 11.6 Å². The van der Waals surface area contributed by atoms with Gasteiger partial charge in [-0.25, -0.2) is 0 Å². The Hall–Kier alpha value is -2.07. The second-order valence-electron chi connectivity index (χ2n) is 3.92. The minimum atomic E-state index is 0.728. The van der Waals surface area contributed by atoms with Gasteiger partial charge in [-0.2, -0.15) is 5.26 Å². The molecule has 0 spiro atoms. The first-order valence-corrected chi connectivity index (χ1v) is 5.33. The SMILES string of the molecule is Cc1ccccc1Cc1cccc(C#N)c1. The van der Waals surface area contributed by atoms with Gasteiger partial charge in [0.25, 0.3) is 0 Å². The zero-order valence-electron chi connectivity index (χ0n) is 9.27. The summed E-state index contributed by atoms with van der Waals surface area (Å²) in [5.41, 5.74) is 4.53. The van der Waals surface area contributed by atoms with Crippen molar-refractivity contribution in [2.75, 3.05) is 0 Å². The van der Waals surface area contributed by atoms with Gasteiger partial charge < -0.3 is 0 Å². The molecular weight excluding hydrogens is 194 g/mol. The van der Waals surface area contributed by atoms with Crippen molar-refractivity contribution >= 4 is 0 Å². The van der Waals surface area contributed by atoms with Crippen molar-refractivity contribution in [2.24, 2.45) is 0 Å². The van der Waals surface area contributed by atoms with Gasteiger partial charge in [-0.15, -0.1) is 0 Å². The molecule has 2 rings (SSSR count). The highest BCUT2D eigenvalue weighted by atomic mass is 14.2. The first-order chi connectivity index (χ1) is 7.79. The molecule has 0 amide bonds. The second kappa shape index (κ2) is 4.63. The lowest BCUT2D eigenvalue weighted by Gasteiger charge is -2.05. The highest BCUT2D eigenvalue weighted by Gasteiger charge is 2.00. The van der Waals surface area contributed by atoms with Crippen LogP contribution in [0.4, 0.5) is 0 Å². The molecule has 1 heteroatoms. The first-order valence-electron chi connectivity index (χ1n) is 5.33. The first kappa shape index (κ1) is 10.4. The fourth-order valence-electron chi connectivity index (χ4n) is 1.78. The van der Waals surface area contributed by atoms with Crippen LogP contribution in [0, 0.1) is 18.3 Å². The molecule has 0 unspecified atom stereocenters. The fraction of sp³-hybridized carbons (Fsp3) is 0.133. The third kappa shape index (κ3) is 2.29. The van der Waals surface area contributed by atoms with E-state index in [0.29, 0.717) is 0 Å². The van der Waals surface area contributed by atoms with Crippen LogP contribution in [0.5, 0.6) is 0 Å². The molecule has 1 nitrogen and oxygen atoms in total. The summed E-state index contributed by atoms with van der Waals surface area (Å²) in [6, 6.07) is 18.3. The number of hydrogen-bond acceptors (Lipinski definition) is 1. The van der Waals surface area contributed by atoms with E-state index in [-0.39, 0.29) is 0 Å². The van der Waals surface area contributed by atoms with Crippen molar-refractivity contribution < 1.29 is 0 Å². The lowest BCUT2D eigenvalue weighted by Crippen LogP contribution is -1.91. The molecule has 2 aromatic rings. The predicted molar refractivity (Wildman–Crippen MR) is 65.1 cm³/mol. The van der Waals surface area contributed by atoms with Gasteiger partial charge in [0.2, 0.25) is 0 Å². The number of nitriles is 1. The molecule has 0 N–H and O–H groups in total. The summed E-state index contributed by atoms with van der Waals surface area (Å²) < 4.78 is 0. The summed E-state index contributed by atoms with van der Waals surface area (Å²) in [6.07, 6.45) is 0.891. The van der Waals surface area contributed by atoms with Crippen molar-refractivity contribution in [3.63, 3.8) is 0 Å². The number of rotatable bonds is 2. The van der Waals surface area contributed by atoms with Crippen LogP contribution in [0.3, 0.4) is 0 Å². The molecule has 2 aromatic carbocycles. The summed E-state index contributed by atoms with van der Waals surface area (Å²) in [5.74, 6) is 0. The Labute approximate surface area is 96.0 Å². The van der Waals surface area contributed by atoms with Crippen LogP contribution in [-0.4, -0.2) is 0 Å². The van der Waals surface area contributed by atoms with E-state index >= 15 is 0 Å². The topological polar surface area (TPSA) is 23.8 Å². The van der Waals surface area contributed by atoms with Crippen LogP contribution in [-0.2, 0) is 6.42 Å². The molecule has 0 aromatic heterocycles. The lowest BCUT2D eigenvalue weighted by molar-refractivity contribution is 1.15. The molecule has 0 saturated heterocycles. The van der Waals surface area contributed by atoms with Gasteiger partial charge in [0, 0.05) is 0 Å². The van der Waals surface area contributed by atoms with E-state index in [0.717, 1.165) is 12.0 Å². The van der Waals surface area contributed by atoms with E-state index in [2.05, 4.69) is 37.3 Å². The summed E-state index contributed by atoms with van der Waals surface area (Å²) in [4.78, 5) is 0. The maximum Gasteiger partial charge on any atom is 0.0991 e. The molecule has 0 aliphatic carbocycles. The van der Waals surface area contributed by atoms with Gasteiger partial charge in [-0.1, -0.05) is 36.4 Å². The number of hydrogen-bond donors (Lipinski definition) is 0. The third-order valence-electron chi connectivity index (χ3n) is 2.71. The largest absolute Gasteiger partial charge is 0.192 e. The summed E-state index contributed by atoms with van der Waals surface area (Å²) in [5, 5.41) is 8.83. The van der Waals surface area contributed by atoms with Gasteiger partial charge in [0.1, 0.15) is 0 Å². The van der Waals surface area contributed by atoms with Crippen molar-refractivity contribution in [3.05, 3.63) is 70.8 Å². The van der Waals surface area contributed by atoms with Gasteiger partial charge in [-0.3, -0.25) is 0 Å². The van der Waals surface area contributed by atoms with Crippen LogP contribution in [0.1, 0.15) is 22.3 Å². The minimum Gasteiger partial charge on any atom is -0.192 e. The van der Waals surface area contributed by atoms with Crippen molar-refractivity contribution in [1.29, 1.82) is 5.26 Å². The molecule has 0 radical (unpaired) electrons. The normalized spacial score (nSPS) is 9.75. The standard InChI is InChI=1S/C15H13N/c1-12-5-2-3-8-15(12)10-13-6-4-7-14(9-13)11-16/h2-9H,10H2,1H3. The lowest BCUT2D eigenvalue weighted by atomic mass is 10.00. The van der Waals surface area contributed by atoms with Gasteiger partial charge >= 0.3 is 0 Å². The zero-order valence-corrected chi connectivity index (χ0v) is 9.27. The van der Waals surface area contributed by atoms with Crippen molar-refractivity contribution in [2.45, 2.75) is 13.3 Å². The van der Waals surface area contributed by atoms with Crippen LogP contribution in [0.2, 0.25) is 0 Å². The van der Waals surface area contributed by atoms with E-state index in [1.54, 1.807) is 0 Å². The fourth-order valence-corrected chi connectivity index (χ4v) is 1.78. The van der Waals surface area contributed by atoms with Crippen LogP contribution in [0.15, 0.2) is 48.5 Å². The molecule has 0 heterocycles. The maximum absolute atomic E-state index is 8.83. The number of benzene rings is 2. The third-order valence-corrected chi connectivity index (χ3v) is 2.71. The summed E-state index contributed by atoms with van der Waals surface area (Å²) >= 11 is 0. The zero-order chi connectivity index (χ0) is 11.4. The predicted octanol–water partition coefficient (Wildman–Crippen LogP) is 3.46. The molecule has 0 atom stereocenters. The summed E-state index contributed by atoms with van der Waals surface area (Å²) in [7, 11) is 0. The Morgan fingerprint density at radius 1 is 1.06 bits per heavy atom. The van der Waals surface area contributed by atoms with E-state index < -0.39 is 0 Å². The molecule has 16 heavy (non-hydrogen) atoms. The van der Waals surface area contributed by atoms with Crippen molar-refractivity contribution in [3.8, 4) is 6.07 Å². The minimum absolute atomic E-state index is 0.728. The number of aryl methyl sites for hydroxylation is 1. The van der Waals surface area contributed by atoms with E-state index in [9.17, 15) is 0 Å². The molecule has 78 valence electrons. The van der Waals surface area contributed by atoms with Crippen LogP contribution >= 0.6 is 0 Å². The van der Waals surface area contributed by atoms with Gasteiger partial charge in [-0.05, 0) is 42.2 Å². The number of nitrogens with zero attached hydrogens (tertiary/aromatic N) is 1. The quantitative estimate of drug-likeness (QED) is 0.739. The Morgan fingerprint density at radius 3 is 2.62 bits per heavy atom. The second-order valence-corrected chi connectivity index (χ2v) is 3.92. The Morgan fingerprint density at radius 2 is 1.88 bits per heavy atom. The highest BCUT2D eigenvalue weighted by Crippen LogP contribution is 2.14. The van der Waals surface area contributed by atoms with Crippen LogP contribution < -0.4 is 0 Å². The molecule has 0 fully saturated rings. The molecular formula is C15H13N.